The fraction of sp³-hybridized carbons (Fsp3) is 0.136. The molecule has 6 heteroatoms. The Morgan fingerprint density at radius 3 is 2.75 bits per heavy atom. The molecule has 0 fully saturated rings. The maximum Gasteiger partial charge on any atom is 0.259 e. The number of hydrogen-bond acceptors (Lipinski definition) is 4. The van der Waals surface area contributed by atoms with Crippen LogP contribution in [0.4, 0.5) is 5.69 Å². The van der Waals surface area contributed by atoms with Gasteiger partial charge < -0.3 is 10.2 Å². The summed E-state index contributed by atoms with van der Waals surface area (Å²) in [5, 5.41) is 2.91. The van der Waals surface area contributed by atoms with Crippen molar-refractivity contribution in [3.63, 3.8) is 0 Å². The van der Waals surface area contributed by atoms with Crippen LogP contribution in [0.5, 0.6) is 0 Å². The van der Waals surface area contributed by atoms with E-state index in [0.717, 1.165) is 21.0 Å². The minimum Gasteiger partial charge on any atom is -0.348 e. The number of nitrogens with zero attached hydrogens (tertiary/aromatic N) is 2. The highest BCUT2D eigenvalue weighted by Gasteiger charge is 2.26. The van der Waals surface area contributed by atoms with Crippen LogP contribution in [0, 0.1) is 0 Å². The minimum atomic E-state index is -0.179. The lowest BCUT2D eigenvalue weighted by atomic mass is 10.1. The van der Waals surface area contributed by atoms with Crippen molar-refractivity contribution in [3.05, 3.63) is 83.7 Å². The minimum absolute atomic E-state index is 0.0442. The predicted molar refractivity (Wildman–Crippen MR) is 110 cm³/mol. The van der Waals surface area contributed by atoms with Gasteiger partial charge in [-0.1, -0.05) is 30.0 Å². The highest BCUT2D eigenvalue weighted by molar-refractivity contribution is 7.99. The summed E-state index contributed by atoms with van der Waals surface area (Å²) in [6.07, 6.45) is 3.42. The van der Waals surface area contributed by atoms with Gasteiger partial charge >= 0.3 is 0 Å². The van der Waals surface area contributed by atoms with Crippen molar-refractivity contribution >= 4 is 29.3 Å². The summed E-state index contributed by atoms with van der Waals surface area (Å²) in [5.41, 5.74) is 2.92. The van der Waals surface area contributed by atoms with Gasteiger partial charge in [-0.25, -0.2) is 0 Å². The second-order valence-electron chi connectivity index (χ2n) is 6.37. The Labute approximate surface area is 167 Å². The molecule has 0 spiro atoms. The number of anilines is 1. The number of benzene rings is 2. The van der Waals surface area contributed by atoms with Crippen molar-refractivity contribution in [2.24, 2.45) is 0 Å². The molecule has 1 aromatic heterocycles. The molecule has 0 atom stereocenters. The van der Waals surface area contributed by atoms with E-state index >= 15 is 0 Å². The molecule has 2 heterocycles. The van der Waals surface area contributed by atoms with E-state index in [2.05, 4.69) is 10.3 Å². The molecule has 0 bridgehead atoms. The van der Waals surface area contributed by atoms with Gasteiger partial charge in [0.2, 0.25) is 0 Å². The van der Waals surface area contributed by atoms with E-state index in [4.69, 9.17) is 0 Å². The van der Waals surface area contributed by atoms with Gasteiger partial charge in [0.05, 0.1) is 11.3 Å². The van der Waals surface area contributed by atoms with Gasteiger partial charge in [-0.15, -0.1) is 0 Å². The summed E-state index contributed by atoms with van der Waals surface area (Å²) in [4.78, 5) is 33.3. The molecule has 28 heavy (non-hydrogen) atoms. The first kappa shape index (κ1) is 18.3. The quantitative estimate of drug-likeness (QED) is 0.728. The van der Waals surface area contributed by atoms with Crippen molar-refractivity contribution < 1.29 is 9.59 Å². The van der Waals surface area contributed by atoms with Crippen molar-refractivity contribution in [1.82, 2.24) is 10.3 Å². The fourth-order valence-corrected chi connectivity index (χ4v) is 4.22. The molecule has 1 aliphatic rings. The number of rotatable bonds is 4. The lowest BCUT2D eigenvalue weighted by Gasteiger charge is -2.21. The van der Waals surface area contributed by atoms with Gasteiger partial charge in [-0.2, -0.15) is 0 Å². The van der Waals surface area contributed by atoms with Crippen LogP contribution >= 0.6 is 11.8 Å². The molecule has 4 rings (SSSR count). The summed E-state index contributed by atoms with van der Waals surface area (Å²) in [6.45, 7) is 2.87. The Morgan fingerprint density at radius 2 is 1.96 bits per heavy atom. The van der Waals surface area contributed by atoms with Crippen LogP contribution < -0.4 is 10.2 Å². The zero-order valence-electron chi connectivity index (χ0n) is 15.4. The number of carbonyl (C=O) groups excluding carboxylic acids is 2. The summed E-state index contributed by atoms with van der Waals surface area (Å²) in [6, 6.07) is 16.9. The summed E-state index contributed by atoms with van der Waals surface area (Å²) in [7, 11) is 0. The number of aromatic nitrogens is 1. The van der Waals surface area contributed by atoms with Crippen LogP contribution in [0.2, 0.25) is 0 Å². The first-order valence-electron chi connectivity index (χ1n) is 9.07. The van der Waals surface area contributed by atoms with Gasteiger partial charge in [0.1, 0.15) is 0 Å². The van der Waals surface area contributed by atoms with E-state index in [1.165, 1.54) is 0 Å². The van der Waals surface area contributed by atoms with Gasteiger partial charge in [0.25, 0.3) is 11.8 Å². The maximum atomic E-state index is 13.0. The van der Waals surface area contributed by atoms with Crippen LogP contribution in [-0.2, 0) is 6.54 Å². The molecule has 140 valence electrons. The Kier molecular flexibility index (Phi) is 5.12. The number of carbonyl (C=O) groups is 2. The maximum absolute atomic E-state index is 13.0. The lowest BCUT2D eigenvalue weighted by molar-refractivity contribution is 0.0947. The summed E-state index contributed by atoms with van der Waals surface area (Å²) >= 11 is 1.55. The Hall–Kier alpha value is -3.12. The Bertz CT molecular complexity index is 1040. The third kappa shape index (κ3) is 3.51. The normalized spacial score (nSPS) is 12.8. The molecule has 3 aromatic rings. The second kappa shape index (κ2) is 7.86. The van der Waals surface area contributed by atoms with E-state index in [9.17, 15) is 9.59 Å². The van der Waals surface area contributed by atoms with E-state index in [1.54, 1.807) is 41.2 Å². The van der Waals surface area contributed by atoms with Crippen LogP contribution in [0.25, 0.3) is 0 Å². The fourth-order valence-electron chi connectivity index (χ4n) is 3.16. The molecular weight excluding hydrogens is 370 g/mol. The smallest absolute Gasteiger partial charge is 0.259 e. The third-order valence-corrected chi connectivity index (χ3v) is 5.73. The molecule has 0 aliphatic carbocycles. The van der Waals surface area contributed by atoms with Crippen molar-refractivity contribution in [2.75, 3.05) is 11.4 Å². The molecule has 5 nitrogen and oxygen atoms in total. The molecule has 2 aromatic carbocycles. The SMILES string of the molecule is CCN1C(=O)c2ccccc2Sc2ccc(C(=O)NCc3cccnc3)cc21. The number of nitrogens with one attached hydrogen (secondary N) is 1. The molecule has 0 unspecified atom stereocenters. The van der Waals surface area contributed by atoms with Crippen LogP contribution in [-0.4, -0.2) is 23.3 Å². The molecule has 0 saturated carbocycles. The zero-order chi connectivity index (χ0) is 19.5. The van der Waals surface area contributed by atoms with Crippen molar-refractivity contribution in [1.29, 1.82) is 0 Å². The van der Waals surface area contributed by atoms with Gasteiger partial charge in [0.15, 0.2) is 0 Å². The van der Waals surface area contributed by atoms with Crippen LogP contribution in [0.1, 0.15) is 33.2 Å². The predicted octanol–water partition coefficient (Wildman–Crippen LogP) is 4.14. The summed E-state index contributed by atoms with van der Waals surface area (Å²) in [5.74, 6) is -0.223. The number of amides is 2. The molecule has 2 amide bonds. The molecule has 0 saturated heterocycles. The van der Waals surface area contributed by atoms with Crippen LogP contribution in [0.3, 0.4) is 0 Å². The molecular formula is C22H19N3O2S. The largest absolute Gasteiger partial charge is 0.348 e. The Morgan fingerprint density at radius 1 is 1.11 bits per heavy atom. The van der Waals surface area contributed by atoms with Crippen LogP contribution in [0.15, 0.2) is 76.8 Å². The highest BCUT2D eigenvalue weighted by Crippen LogP contribution is 2.41. The second-order valence-corrected chi connectivity index (χ2v) is 7.46. The van der Waals surface area contributed by atoms with Crippen molar-refractivity contribution in [3.8, 4) is 0 Å². The molecule has 0 radical (unpaired) electrons. The summed E-state index contributed by atoms with van der Waals surface area (Å²) < 4.78 is 0. The topological polar surface area (TPSA) is 62.3 Å². The van der Waals surface area contributed by atoms with Gasteiger partial charge in [0, 0.05) is 40.8 Å². The van der Waals surface area contributed by atoms with Gasteiger partial charge in [-0.05, 0) is 48.9 Å². The average molecular weight is 389 g/mol. The first-order chi connectivity index (χ1) is 13.7. The number of fused-ring (bicyclic) bond motifs is 2. The van der Waals surface area contributed by atoms with E-state index in [-0.39, 0.29) is 11.8 Å². The monoisotopic (exact) mass is 389 g/mol. The standard InChI is InChI=1S/C22H19N3O2S/c1-2-25-18-12-16(21(26)24-14-15-6-5-11-23-13-15)9-10-20(18)28-19-8-4-3-7-17(19)22(25)27/h3-13H,2,14H2,1H3,(H,24,26). The van der Waals surface area contributed by atoms with E-state index < -0.39 is 0 Å². The van der Waals surface area contributed by atoms with Crippen molar-refractivity contribution in [2.45, 2.75) is 23.3 Å². The van der Waals surface area contributed by atoms with Gasteiger partial charge in [-0.3, -0.25) is 14.6 Å². The third-order valence-electron chi connectivity index (χ3n) is 4.59. The average Bonchev–Trinajstić information content (AvgIpc) is 2.86. The van der Waals surface area contributed by atoms with E-state index in [0.29, 0.717) is 24.2 Å². The zero-order valence-corrected chi connectivity index (χ0v) is 16.2. The molecule has 1 aliphatic heterocycles. The first-order valence-corrected chi connectivity index (χ1v) is 9.89. The lowest BCUT2D eigenvalue weighted by Crippen LogP contribution is -2.31. The number of pyridine rings is 1. The molecule has 1 N–H and O–H groups in total. The Balaban J connectivity index is 1.63. The highest BCUT2D eigenvalue weighted by atomic mass is 32.2. The van der Waals surface area contributed by atoms with E-state index in [1.807, 2.05) is 49.4 Å². The number of hydrogen-bond donors (Lipinski definition) is 1.